The molecule has 5 atom stereocenters. The maximum atomic E-state index is 11.1. The molecule has 3 heterocycles. The van der Waals surface area contributed by atoms with Crippen LogP contribution in [0.1, 0.15) is 22.7 Å². The van der Waals surface area contributed by atoms with E-state index in [9.17, 15) is 5.11 Å². The third kappa shape index (κ3) is 2.60. The van der Waals surface area contributed by atoms with E-state index in [1.807, 2.05) is 13.1 Å². The predicted molar refractivity (Wildman–Crippen MR) is 91.2 cm³/mol. The molecule has 2 fully saturated rings. The smallest absolute Gasteiger partial charge is 0.183 e. The molecule has 3 aliphatic rings. The van der Waals surface area contributed by atoms with E-state index in [4.69, 9.17) is 9.47 Å². The van der Waals surface area contributed by atoms with Crippen molar-refractivity contribution in [3.05, 3.63) is 53.3 Å². The molecule has 2 aromatic rings. The van der Waals surface area contributed by atoms with Gasteiger partial charge in [0.1, 0.15) is 12.1 Å². The summed E-state index contributed by atoms with van der Waals surface area (Å²) in [5, 5.41) is 19.1. The van der Waals surface area contributed by atoms with Crippen molar-refractivity contribution in [1.29, 1.82) is 0 Å². The van der Waals surface area contributed by atoms with Crippen molar-refractivity contribution in [2.75, 3.05) is 6.61 Å². The van der Waals surface area contributed by atoms with Gasteiger partial charge in [0.2, 0.25) is 0 Å². The number of hydrogen-bond donors (Lipinski definition) is 2. The summed E-state index contributed by atoms with van der Waals surface area (Å²) in [7, 11) is 0. The number of ether oxygens (including phenoxy) is 2. The molecule has 2 bridgehead atoms. The van der Waals surface area contributed by atoms with Crippen molar-refractivity contribution in [3.8, 4) is 0 Å². The molecule has 0 spiro atoms. The van der Waals surface area contributed by atoms with Gasteiger partial charge in [-0.15, -0.1) is 0 Å². The summed E-state index contributed by atoms with van der Waals surface area (Å²) in [5.41, 5.74) is 3.85. The summed E-state index contributed by atoms with van der Waals surface area (Å²) < 4.78 is 13.6. The van der Waals surface area contributed by atoms with E-state index in [0.717, 1.165) is 18.4 Å². The van der Waals surface area contributed by atoms with Crippen molar-refractivity contribution < 1.29 is 14.6 Å². The van der Waals surface area contributed by atoms with Crippen LogP contribution in [-0.4, -0.2) is 52.1 Å². The number of aryl methyl sites for hydroxylation is 1. The lowest BCUT2D eigenvalue weighted by atomic mass is 9.95. The Bertz CT molecular complexity index is 752. The molecule has 1 aromatic carbocycles. The molecule has 2 aliphatic heterocycles. The van der Waals surface area contributed by atoms with Gasteiger partial charge in [0.05, 0.1) is 24.9 Å². The van der Waals surface area contributed by atoms with Crippen LogP contribution in [0.5, 0.6) is 0 Å². The van der Waals surface area contributed by atoms with E-state index in [1.54, 1.807) is 10.9 Å². The Kier molecular flexibility index (Phi) is 3.67. The zero-order valence-electron chi connectivity index (χ0n) is 14.2. The summed E-state index contributed by atoms with van der Waals surface area (Å²) in [6.07, 6.45) is 4.55. The average Bonchev–Trinajstić information content (AvgIpc) is 3.30. The highest BCUT2D eigenvalue weighted by molar-refractivity contribution is 5.33. The highest BCUT2D eigenvalue weighted by Gasteiger charge is 2.51. The molecule has 2 N–H and O–H groups in total. The summed E-state index contributed by atoms with van der Waals surface area (Å²) in [4.78, 5) is 0. The SMILES string of the molecule is Cc1cnn(C2C3OCC(O3)C(NC3Cc4ccccc4C3)C2O)c1. The van der Waals surface area contributed by atoms with Gasteiger partial charge in [-0.1, -0.05) is 24.3 Å². The number of aliphatic hydroxyl groups is 1. The zero-order chi connectivity index (χ0) is 17.0. The summed E-state index contributed by atoms with van der Waals surface area (Å²) >= 11 is 0. The van der Waals surface area contributed by atoms with Gasteiger partial charge in [0.15, 0.2) is 6.29 Å². The van der Waals surface area contributed by atoms with Gasteiger partial charge in [0.25, 0.3) is 0 Å². The number of rotatable bonds is 3. The Labute approximate surface area is 146 Å². The first-order valence-corrected chi connectivity index (χ1v) is 8.98. The average molecular weight is 341 g/mol. The highest BCUT2D eigenvalue weighted by atomic mass is 16.7. The Morgan fingerprint density at radius 3 is 2.68 bits per heavy atom. The number of aromatic nitrogens is 2. The predicted octanol–water partition coefficient (Wildman–Crippen LogP) is 0.974. The molecule has 5 rings (SSSR count). The molecule has 1 aliphatic carbocycles. The number of benzene rings is 1. The highest BCUT2D eigenvalue weighted by Crippen LogP contribution is 2.36. The minimum atomic E-state index is -0.603. The number of aliphatic hydroxyl groups excluding tert-OH is 1. The molecule has 0 radical (unpaired) electrons. The first kappa shape index (κ1) is 15.5. The molecule has 5 unspecified atom stereocenters. The van der Waals surface area contributed by atoms with Crippen molar-refractivity contribution in [3.63, 3.8) is 0 Å². The van der Waals surface area contributed by atoms with Crippen LogP contribution < -0.4 is 5.32 Å². The Hall–Kier alpha value is -1.73. The number of nitrogens with zero attached hydrogens (tertiary/aromatic N) is 2. The minimum absolute atomic E-state index is 0.114. The van der Waals surface area contributed by atoms with Gasteiger partial charge in [-0.05, 0) is 36.5 Å². The van der Waals surface area contributed by atoms with E-state index in [1.165, 1.54) is 11.1 Å². The third-order valence-electron chi connectivity index (χ3n) is 5.65. The van der Waals surface area contributed by atoms with Crippen molar-refractivity contribution >= 4 is 0 Å². The molecule has 0 amide bonds. The lowest BCUT2D eigenvalue weighted by Crippen LogP contribution is -2.59. The van der Waals surface area contributed by atoms with Crippen LogP contribution in [-0.2, 0) is 22.3 Å². The van der Waals surface area contributed by atoms with Crippen LogP contribution in [0, 0.1) is 6.92 Å². The summed E-state index contributed by atoms with van der Waals surface area (Å²) in [5.74, 6) is 0. The minimum Gasteiger partial charge on any atom is -0.389 e. The molecular weight excluding hydrogens is 318 g/mol. The molecule has 0 saturated carbocycles. The first-order chi connectivity index (χ1) is 12.2. The largest absolute Gasteiger partial charge is 0.389 e. The second-order valence-corrected chi connectivity index (χ2v) is 7.42. The Balaban J connectivity index is 1.36. The molecule has 132 valence electrons. The summed E-state index contributed by atoms with van der Waals surface area (Å²) in [6, 6.07) is 8.39. The van der Waals surface area contributed by atoms with Gasteiger partial charge in [-0.3, -0.25) is 4.68 Å². The van der Waals surface area contributed by atoms with E-state index in [0.29, 0.717) is 12.6 Å². The van der Waals surface area contributed by atoms with Crippen LogP contribution in [0.3, 0.4) is 0 Å². The topological polar surface area (TPSA) is 68.5 Å². The van der Waals surface area contributed by atoms with E-state index in [-0.39, 0.29) is 18.2 Å². The van der Waals surface area contributed by atoms with E-state index < -0.39 is 12.4 Å². The lowest BCUT2D eigenvalue weighted by Gasteiger charge is -2.40. The maximum absolute atomic E-state index is 11.1. The molecule has 6 heteroatoms. The van der Waals surface area contributed by atoms with Crippen LogP contribution in [0.2, 0.25) is 0 Å². The fourth-order valence-electron chi connectivity index (χ4n) is 4.43. The van der Waals surface area contributed by atoms with Gasteiger partial charge >= 0.3 is 0 Å². The van der Waals surface area contributed by atoms with Crippen molar-refractivity contribution in [2.24, 2.45) is 0 Å². The normalized spacial score (nSPS) is 34.4. The number of nitrogens with one attached hydrogen (secondary N) is 1. The molecule has 2 saturated heterocycles. The molecule has 25 heavy (non-hydrogen) atoms. The van der Waals surface area contributed by atoms with Gasteiger partial charge < -0.3 is 19.9 Å². The van der Waals surface area contributed by atoms with Crippen LogP contribution in [0.25, 0.3) is 0 Å². The van der Waals surface area contributed by atoms with Gasteiger partial charge in [-0.25, -0.2) is 0 Å². The van der Waals surface area contributed by atoms with Crippen molar-refractivity contribution in [1.82, 2.24) is 15.1 Å². The Morgan fingerprint density at radius 2 is 2.00 bits per heavy atom. The van der Waals surface area contributed by atoms with E-state index >= 15 is 0 Å². The Morgan fingerprint density at radius 1 is 1.24 bits per heavy atom. The fraction of sp³-hybridized carbons (Fsp3) is 0.526. The monoisotopic (exact) mass is 341 g/mol. The lowest BCUT2D eigenvalue weighted by molar-refractivity contribution is -0.169. The first-order valence-electron chi connectivity index (χ1n) is 8.98. The van der Waals surface area contributed by atoms with Crippen LogP contribution in [0.4, 0.5) is 0 Å². The second-order valence-electron chi connectivity index (χ2n) is 7.42. The zero-order valence-corrected chi connectivity index (χ0v) is 14.2. The molecule has 1 aromatic heterocycles. The van der Waals surface area contributed by atoms with E-state index in [2.05, 4.69) is 34.7 Å². The van der Waals surface area contributed by atoms with Crippen LogP contribution >= 0.6 is 0 Å². The fourth-order valence-corrected chi connectivity index (χ4v) is 4.43. The number of hydrogen-bond acceptors (Lipinski definition) is 5. The number of fused-ring (bicyclic) bond motifs is 3. The standard InChI is InChI=1S/C19H23N3O3/c1-11-8-20-22(9-11)17-18(23)16(15-10-24-19(17)25-15)21-14-6-12-4-2-3-5-13(12)7-14/h2-5,8-9,14-19,21,23H,6-7,10H2,1H3. The quantitative estimate of drug-likeness (QED) is 0.871. The second kappa shape index (κ2) is 5.92. The van der Waals surface area contributed by atoms with Crippen LogP contribution in [0.15, 0.2) is 36.7 Å². The third-order valence-corrected chi connectivity index (χ3v) is 5.65. The molecule has 6 nitrogen and oxygen atoms in total. The summed E-state index contributed by atoms with van der Waals surface area (Å²) in [6.45, 7) is 2.50. The molecular formula is C19H23N3O3. The van der Waals surface area contributed by atoms with Gasteiger partial charge in [0, 0.05) is 12.2 Å². The maximum Gasteiger partial charge on any atom is 0.183 e. The van der Waals surface area contributed by atoms with Gasteiger partial charge in [-0.2, -0.15) is 5.10 Å². The van der Waals surface area contributed by atoms with Crippen molar-refractivity contribution in [2.45, 2.75) is 56.4 Å².